The Balaban J connectivity index is 1.74. The van der Waals surface area contributed by atoms with Crippen LogP contribution in [0.25, 0.3) is 0 Å². The Kier molecular flexibility index (Phi) is 3.96. The molecule has 1 amide bonds. The molecule has 2 aromatic rings. The molecule has 2 N–H and O–H groups in total. The fourth-order valence-electron chi connectivity index (χ4n) is 2.42. The summed E-state index contributed by atoms with van der Waals surface area (Å²) in [6.07, 6.45) is 7.17. The van der Waals surface area contributed by atoms with Crippen molar-refractivity contribution >= 4 is 11.7 Å². The van der Waals surface area contributed by atoms with Crippen LogP contribution in [0.3, 0.4) is 0 Å². The van der Waals surface area contributed by atoms with Gasteiger partial charge in [0.25, 0.3) is 5.91 Å². The molecule has 1 aliphatic carbocycles. The minimum absolute atomic E-state index is 0.0752. The van der Waals surface area contributed by atoms with Gasteiger partial charge < -0.3 is 10.4 Å². The quantitative estimate of drug-likeness (QED) is 0.878. The lowest BCUT2D eigenvalue weighted by atomic mass is 9.93. The second-order valence-electron chi connectivity index (χ2n) is 5.22. The summed E-state index contributed by atoms with van der Waals surface area (Å²) < 4.78 is 1.80. The van der Waals surface area contributed by atoms with Crippen LogP contribution in [0.1, 0.15) is 41.4 Å². The molecule has 1 aliphatic rings. The van der Waals surface area contributed by atoms with Crippen molar-refractivity contribution in [2.45, 2.75) is 31.7 Å². The van der Waals surface area contributed by atoms with E-state index in [4.69, 9.17) is 5.11 Å². The van der Waals surface area contributed by atoms with Gasteiger partial charge in [-0.05, 0) is 49.4 Å². The predicted octanol–water partition coefficient (Wildman–Crippen LogP) is 1.79. The molecular formula is C15H18N4O2. The summed E-state index contributed by atoms with van der Waals surface area (Å²) in [6.45, 7) is 0.0752. The molecule has 0 spiro atoms. The summed E-state index contributed by atoms with van der Waals surface area (Å²) in [5.74, 6) is 0.292. The zero-order valence-corrected chi connectivity index (χ0v) is 11.7. The molecule has 0 radical (unpaired) electrons. The number of carbonyl (C=O) groups excluding carboxylic acids is 1. The normalized spacial score (nSPS) is 14.7. The van der Waals surface area contributed by atoms with Gasteiger partial charge in [0.05, 0.1) is 6.04 Å². The van der Waals surface area contributed by atoms with Crippen LogP contribution in [0.4, 0.5) is 5.82 Å². The van der Waals surface area contributed by atoms with E-state index < -0.39 is 0 Å². The Morgan fingerprint density at radius 1 is 1.38 bits per heavy atom. The summed E-state index contributed by atoms with van der Waals surface area (Å²) in [5, 5.41) is 16.0. The van der Waals surface area contributed by atoms with E-state index in [1.165, 1.54) is 6.42 Å². The number of nitrogens with one attached hydrogen (secondary N) is 1. The second kappa shape index (κ2) is 6.05. The van der Waals surface area contributed by atoms with Crippen LogP contribution in [0.15, 0.2) is 30.6 Å². The number of rotatable bonds is 5. The molecule has 0 bridgehead atoms. The Bertz CT molecular complexity index is 634. The summed E-state index contributed by atoms with van der Waals surface area (Å²) in [4.78, 5) is 16.5. The first-order valence-electron chi connectivity index (χ1n) is 7.18. The molecule has 2 heterocycles. The van der Waals surface area contributed by atoms with Crippen LogP contribution >= 0.6 is 0 Å². The first kappa shape index (κ1) is 13.8. The highest BCUT2D eigenvalue weighted by atomic mass is 16.3. The van der Waals surface area contributed by atoms with Gasteiger partial charge in [-0.25, -0.2) is 4.98 Å². The molecule has 0 atom stereocenters. The maximum absolute atomic E-state index is 12.3. The number of aromatic nitrogens is 3. The third-order valence-electron chi connectivity index (χ3n) is 3.79. The van der Waals surface area contributed by atoms with Gasteiger partial charge in [0.2, 0.25) is 0 Å². The van der Waals surface area contributed by atoms with Crippen molar-refractivity contribution in [3.63, 3.8) is 0 Å². The van der Waals surface area contributed by atoms with Crippen molar-refractivity contribution in [2.24, 2.45) is 0 Å². The Hall–Kier alpha value is -2.21. The van der Waals surface area contributed by atoms with Gasteiger partial charge in [0.1, 0.15) is 11.5 Å². The molecule has 0 saturated heterocycles. The van der Waals surface area contributed by atoms with Crippen molar-refractivity contribution in [2.75, 3.05) is 11.9 Å². The molecule has 6 heteroatoms. The van der Waals surface area contributed by atoms with E-state index in [0.29, 0.717) is 24.0 Å². The van der Waals surface area contributed by atoms with Gasteiger partial charge in [-0.2, -0.15) is 5.10 Å². The molecule has 1 fully saturated rings. The second-order valence-corrected chi connectivity index (χ2v) is 5.22. The Morgan fingerprint density at radius 3 is 2.95 bits per heavy atom. The molecule has 0 unspecified atom stereocenters. The van der Waals surface area contributed by atoms with Crippen molar-refractivity contribution in [3.05, 3.63) is 41.9 Å². The fraction of sp³-hybridized carbons (Fsp3) is 0.400. The average Bonchev–Trinajstić information content (AvgIpc) is 2.86. The van der Waals surface area contributed by atoms with Gasteiger partial charge in [0.15, 0.2) is 0 Å². The number of hydrogen-bond donors (Lipinski definition) is 2. The zero-order valence-electron chi connectivity index (χ0n) is 11.7. The number of pyridine rings is 1. The highest BCUT2D eigenvalue weighted by molar-refractivity contribution is 6.02. The molecule has 0 aromatic carbocycles. The average molecular weight is 286 g/mol. The topological polar surface area (TPSA) is 80.0 Å². The highest BCUT2D eigenvalue weighted by Crippen LogP contribution is 2.31. The standard InChI is InChI=1S/C15H18N4O2/c20-9-6-11-4-7-16-14(10-11)18-15(21)13-5-8-17-19(13)12-2-1-3-12/h4-5,7-8,10,12,20H,1-3,6,9H2,(H,16,18,21). The van der Waals surface area contributed by atoms with E-state index in [2.05, 4.69) is 15.4 Å². The van der Waals surface area contributed by atoms with Crippen LogP contribution in [0, 0.1) is 0 Å². The minimum Gasteiger partial charge on any atom is -0.396 e. The van der Waals surface area contributed by atoms with Gasteiger partial charge in [-0.3, -0.25) is 9.48 Å². The van der Waals surface area contributed by atoms with Crippen LogP contribution in [0.5, 0.6) is 0 Å². The molecule has 21 heavy (non-hydrogen) atoms. The van der Waals surface area contributed by atoms with E-state index in [1.54, 1.807) is 29.2 Å². The first-order valence-corrected chi connectivity index (χ1v) is 7.18. The van der Waals surface area contributed by atoms with Crippen LogP contribution in [0.2, 0.25) is 0 Å². The van der Waals surface area contributed by atoms with E-state index in [1.807, 2.05) is 6.07 Å². The maximum Gasteiger partial charge on any atom is 0.275 e. The van der Waals surface area contributed by atoms with Gasteiger partial charge in [0, 0.05) is 19.0 Å². The van der Waals surface area contributed by atoms with E-state index in [9.17, 15) is 4.79 Å². The van der Waals surface area contributed by atoms with Crippen molar-refractivity contribution < 1.29 is 9.90 Å². The lowest BCUT2D eigenvalue weighted by molar-refractivity contribution is 0.100. The number of aliphatic hydroxyl groups excluding tert-OH is 1. The van der Waals surface area contributed by atoms with Gasteiger partial charge >= 0.3 is 0 Å². The third kappa shape index (κ3) is 2.95. The Morgan fingerprint density at radius 2 is 2.24 bits per heavy atom. The zero-order chi connectivity index (χ0) is 14.7. The maximum atomic E-state index is 12.3. The molecular weight excluding hydrogens is 268 g/mol. The number of hydrogen-bond acceptors (Lipinski definition) is 4. The van der Waals surface area contributed by atoms with Gasteiger partial charge in [-0.15, -0.1) is 0 Å². The van der Waals surface area contributed by atoms with Crippen molar-refractivity contribution in [1.29, 1.82) is 0 Å². The summed E-state index contributed by atoms with van der Waals surface area (Å²) >= 11 is 0. The highest BCUT2D eigenvalue weighted by Gasteiger charge is 2.24. The summed E-state index contributed by atoms with van der Waals surface area (Å²) in [5.41, 5.74) is 1.50. The van der Waals surface area contributed by atoms with E-state index in [0.717, 1.165) is 18.4 Å². The number of aliphatic hydroxyl groups is 1. The van der Waals surface area contributed by atoms with Crippen LogP contribution in [-0.2, 0) is 6.42 Å². The molecule has 1 saturated carbocycles. The van der Waals surface area contributed by atoms with Gasteiger partial charge in [-0.1, -0.05) is 0 Å². The van der Waals surface area contributed by atoms with Crippen molar-refractivity contribution in [3.8, 4) is 0 Å². The van der Waals surface area contributed by atoms with Crippen molar-refractivity contribution in [1.82, 2.24) is 14.8 Å². The Labute approximate surface area is 122 Å². The minimum atomic E-state index is -0.201. The number of nitrogens with zero attached hydrogens (tertiary/aromatic N) is 3. The number of carbonyl (C=O) groups is 1. The molecule has 6 nitrogen and oxygen atoms in total. The number of amides is 1. The first-order chi connectivity index (χ1) is 10.3. The smallest absolute Gasteiger partial charge is 0.275 e. The molecule has 0 aliphatic heterocycles. The van der Waals surface area contributed by atoms with E-state index >= 15 is 0 Å². The number of anilines is 1. The van der Waals surface area contributed by atoms with Crippen LogP contribution in [-0.4, -0.2) is 32.4 Å². The lowest BCUT2D eigenvalue weighted by Crippen LogP contribution is -2.25. The van der Waals surface area contributed by atoms with Crippen LogP contribution < -0.4 is 5.32 Å². The summed E-state index contributed by atoms with van der Waals surface area (Å²) in [6, 6.07) is 5.67. The van der Waals surface area contributed by atoms with E-state index in [-0.39, 0.29) is 12.5 Å². The summed E-state index contributed by atoms with van der Waals surface area (Å²) in [7, 11) is 0. The monoisotopic (exact) mass is 286 g/mol. The molecule has 2 aromatic heterocycles. The largest absolute Gasteiger partial charge is 0.396 e. The fourth-order valence-corrected chi connectivity index (χ4v) is 2.42. The third-order valence-corrected chi connectivity index (χ3v) is 3.79. The molecule has 3 rings (SSSR count). The SMILES string of the molecule is O=C(Nc1cc(CCO)ccn1)c1ccnn1C1CCC1. The predicted molar refractivity (Wildman–Crippen MR) is 78.1 cm³/mol. The lowest BCUT2D eigenvalue weighted by Gasteiger charge is -2.27. The molecule has 110 valence electrons.